The average Bonchev–Trinajstić information content (AvgIpc) is 2.46. The summed E-state index contributed by atoms with van der Waals surface area (Å²) in [5, 5.41) is 0. The first kappa shape index (κ1) is 13.9. The van der Waals surface area contributed by atoms with E-state index in [1.807, 2.05) is 36.0 Å². The number of anilines is 1. The lowest BCUT2D eigenvalue weighted by Crippen LogP contribution is -2.15. The van der Waals surface area contributed by atoms with Crippen molar-refractivity contribution in [2.75, 3.05) is 24.3 Å². The molecular weight excluding hydrogens is 252 g/mol. The van der Waals surface area contributed by atoms with Gasteiger partial charge in [0, 0.05) is 18.0 Å². The van der Waals surface area contributed by atoms with Crippen LogP contribution < -0.4 is 5.73 Å². The van der Waals surface area contributed by atoms with Crippen molar-refractivity contribution < 1.29 is 4.58 Å². The number of thioether (sulfide) groups is 1. The molecule has 3 heteroatoms. The highest BCUT2D eigenvalue weighted by Gasteiger charge is 2.10. The van der Waals surface area contributed by atoms with Gasteiger partial charge in [0.25, 0.3) is 0 Å². The van der Waals surface area contributed by atoms with Crippen LogP contribution in [-0.4, -0.2) is 29.3 Å². The van der Waals surface area contributed by atoms with Crippen molar-refractivity contribution in [1.29, 1.82) is 0 Å². The van der Waals surface area contributed by atoms with Gasteiger partial charge < -0.3 is 5.73 Å². The van der Waals surface area contributed by atoms with Crippen LogP contribution in [0.3, 0.4) is 0 Å². The molecule has 1 heterocycles. The third kappa shape index (κ3) is 4.60. The highest BCUT2D eigenvalue weighted by atomic mass is 32.2. The average molecular weight is 273 g/mol. The first-order chi connectivity index (χ1) is 9.28. The van der Waals surface area contributed by atoms with E-state index in [1.54, 1.807) is 0 Å². The van der Waals surface area contributed by atoms with Gasteiger partial charge in [0.15, 0.2) is 12.7 Å². The second kappa shape index (κ2) is 7.19. The van der Waals surface area contributed by atoms with E-state index in [2.05, 4.69) is 41.5 Å². The molecule has 0 saturated heterocycles. The summed E-state index contributed by atoms with van der Waals surface area (Å²) in [4.78, 5) is 0. The van der Waals surface area contributed by atoms with Crippen molar-refractivity contribution in [2.24, 2.45) is 5.92 Å². The molecule has 2 nitrogen and oxygen atoms in total. The zero-order chi connectivity index (χ0) is 13.5. The quantitative estimate of drug-likeness (QED) is 0.659. The molecule has 0 amide bonds. The van der Waals surface area contributed by atoms with Crippen LogP contribution in [0.25, 0.3) is 6.08 Å². The van der Waals surface area contributed by atoms with E-state index < -0.39 is 0 Å². The van der Waals surface area contributed by atoms with Gasteiger partial charge in [-0.15, -0.1) is 0 Å². The molecule has 0 aromatic heterocycles. The summed E-state index contributed by atoms with van der Waals surface area (Å²) in [5.41, 5.74) is 7.69. The van der Waals surface area contributed by atoms with E-state index in [0.717, 1.165) is 18.7 Å². The Balaban J connectivity index is 1.87. The van der Waals surface area contributed by atoms with E-state index >= 15 is 0 Å². The van der Waals surface area contributed by atoms with Gasteiger partial charge in [-0.2, -0.15) is 11.8 Å². The van der Waals surface area contributed by atoms with Crippen molar-refractivity contribution in [3.8, 4) is 0 Å². The van der Waals surface area contributed by atoms with Crippen LogP contribution in [0, 0.1) is 5.92 Å². The molecule has 19 heavy (non-hydrogen) atoms. The molecule has 0 bridgehead atoms. The van der Waals surface area contributed by atoms with Crippen molar-refractivity contribution in [3.05, 3.63) is 48.2 Å². The molecule has 1 aromatic carbocycles. The maximum atomic E-state index is 5.67. The number of allylic oxidation sites excluding steroid dienone is 2. The van der Waals surface area contributed by atoms with Crippen LogP contribution in [-0.2, 0) is 0 Å². The minimum Gasteiger partial charge on any atom is -0.399 e. The lowest BCUT2D eigenvalue weighted by atomic mass is 10.0. The predicted molar refractivity (Wildman–Crippen MR) is 86.7 cm³/mol. The fraction of sp³-hybridized carbons (Fsp3) is 0.312. The van der Waals surface area contributed by atoms with E-state index in [-0.39, 0.29) is 0 Å². The Morgan fingerprint density at radius 3 is 2.79 bits per heavy atom. The zero-order valence-corrected chi connectivity index (χ0v) is 12.1. The number of nitrogen functional groups attached to an aromatic ring is 1. The fourth-order valence-corrected chi connectivity index (χ4v) is 2.36. The first-order valence-electron chi connectivity index (χ1n) is 6.58. The number of nitrogens with zero attached hydrogens (tertiary/aromatic N) is 1. The Morgan fingerprint density at radius 2 is 2.16 bits per heavy atom. The molecule has 0 spiro atoms. The molecule has 100 valence electrons. The van der Waals surface area contributed by atoms with Crippen molar-refractivity contribution in [1.82, 2.24) is 0 Å². The molecule has 1 aromatic rings. The summed E-state index contributed by atoms with van der Waals surface area (Å²) in [6, 6.07) is 7.97. The van der Waals surface area contributed by atoms with E-state index in [9.17, 15) is 0 Å². The van der Waals surface area contributed by atoms with Gasteiger partial charge >= 0.3 is 0 Å². The van der Waals surface area contributed by atoms with Gasteiger partial charge in [-0.25, -0.2) is 4.58 Å². The lowest BCUT2D eigenvalue weighted by Gasteiger charge is -2.08. The minimum atomic E-state index is 0.503. The molecule has 0 radical (unpaired) electrons. The monoisotopic (exact) mass is 273 g/mol. The number of nitrogens with two attached hydrogens (primary N) is 1. The van der Waals surface area contributed by atoms with Gasteiger partial charge in [0.05, 0.1) is 5.75 Å². The van der Waals surface area contributed by atoms with Crippen LogP contribution in [0.5, 0.6) is 0 Å². The normalized spacial score (nSPS) is 18.8. The molecule has 0 aliphatic carbocycles. The number of benzene rings is 1. The number of hydrogen-bond donors (Lipinski definition) is 1. The van der Waals surface area contributed by atoms with Crippen LogP contribution >= 0.6 is 11.8 Å². The highest BCUT2D eigenvalue weighted by Crippen LogP contribution is 2.14. The molecule has 2 rings (SSSR count). The Kier molecular flexibility index (Phi) is 5.28. The lowest BCUT2D eigenvalue weighted by molar-refractivity contribution is -0.449. The minimum absolute atomic E-state index is 0.503. The summed E-state index contributed by atoms with van der Waals surface area (Å²) in [5.74, 6) is 1.68. The SMILES string of the molecule is CSCC[N+]1=CCC(/C=C/c2ccc(N)cc2)C=C1. The smallest absolute Gasteiger partial charge is 0.165 e. The Hall–Kier alpha value is -1.48. The maximum absolute atomic E-state index is 5.67. The number of hydrogen-bond acceptors (Lipinski definition) is 2. The van der Waals surface area contributed by atoms with E-state index in [1.165, 1.54) is 11.3 Å². The molecule has 1 aliphatic heterocycles. The first-order valence-corrected chi connectivity index (χ1v) is 7.97. The Labute approximate surface area is 119 Å². The maximum Gasteiger partial charge on any atom is 0.165 e. The van der Waals surface area contributed by atoms with Gasteiger partial charge in [-0.05, 0) is 30.0 Å². The van der Waals surface area contributed by atoms with Crippen LogP contribution in [0.15, 0.2) is 42.6 Å². The molecule has 0 fully saturated rings. The van der Waals surface area contributed by atoms with E-state index in [0.29, 0.717) is 5.92 Å². The van der Waals surface area contributed by atoms with Crippen molar-refractivity contribution in [2.45, 2.75) is 6.42 Å². The topological polar surface area (TPSA) is 29.0 Å². The largest absolute Gasteiger partial charge is 0.399 e. The fourth-order valence-electron chi connectivity index (χ4n) is 1.96. The standard InChI is InChI=1S/C16H21N2S/c1-19-13-12-18-10-8-15(9-11-18)3-2-14-4-6-16(17)7-5-14/h2-8,10-11,15H,9,12-13,17H2,1H3/q+1/b3-2+. The van der Waals surface area contributed by atoms with Crippen LogP contribution in [0.2, 0.25) is 0 Å². The van der Waals surface area contributed by atoms with E-state index in [4.69, 9.17) is 5.73 Å². The summed E-state index contributed by atoms with van der Waals surface area (Å²) < 4.78 is 2.28. The third-order valence-corrected chi connectivity index (χ3v) is 3.75. The van der Waals surface area contributed by atoms with Crippen LogP contribution in [0.4, 0.5) is 5.69 Å². The second-order valence-corrected chi connectivity index (χ2v) is 5.67. The molecule has 2 N–H and O–H groups in total. The number of rotatable bonds is 5. The summed E-state index contributed by atoms with van der Waals surface area (Å²) in [7, 11) is 0. The van der Waals surface area contributed by atoms with Gasteiger partial charge in [-0.1, -0.05) is 24.3 Å². The molecule has 0 saturated carbocycles. The van der Waals surface area contributed by atoms with Crippen molar-refractivity contribution in [3.63, 3.8) is 0 Å². The zero-order valence-electron chi connectivity index (χ0n) is 11.3. The summed E-state index contributed by atoms with van der Waals surface area (Å²) >= 11 is 1.88. The predicted octanol–water partition coefficient (Wildman–Crippen LogP) is 3.26. The molecule has 1 aliphatic rings. The molecule has 1 atom stereocenters. The molecular formula is C16H21N2S+. The second-order valence-electron chi connectivity index (χ2n) is 4.68. The van der Waals surface area contributed by atoms with Crippen LogP contribution in [0.1, 0.15) is 12.0 Å². The third-order valence-electron chi connectivity index (χ3n) is 3.16. The van der Waals surface area contributed by atoms with Gasteiger partial charge in [0.2, 0.25) is 0 Å². The van der Waals surface area contributed by atoms with Gasteiger partial charge in [-0.3, -0.25) is 0 Å². The summed E-state index contributed by atoms with van der Waals surface area (Å²) in [6.07, 6.45) is 14.4. The van der Waals surface area contributed by atoms with Crippen molar-refractivity contribution >= 4 is 29.7 Å². The Bertz CT molecular complexity index is 486. The van der Waals surface area contributed by atoms with Gasteiger partial charge in [0.1, 0.15) is 6.21 Å². The molecule has 1 unspecified atom stereocenters. The summed E-state index contributed by atoms with van der Waals surface area (Å²) in [6.45, 7) is 1.10. The highest BCUT2D eigenvalue weighted by molar-refractivity contribution is 7.98. The Morgan fingerprint density at radius 1 is 1.37 bits per heavy atom.